The van der Waals surface area contributed by atoms with Crippen molar-refractivity contribution in [1.82, 2.24) is 9.97 Å². The number of fused-ring (bicyclic) bond motifs is 3. The SMILES string of the molecule is CCCSc1nc(SCc2ccc(Cl)cc2)c2c3c(sc2n1)COC(C)(C)C3. The fourth-order valence-electron chi connectivity index (χ4n) is 3.19. The Bertz CT molecular complexity index is 985. The van der Waals surface area contributed by atoms with Crippen molar-refractivity contribution in [2.45, 2.75) is 61.8 Å². The van der Waals surface area contributed by atoms with E-state index in [1.54, 1.807) is 34.9 Å². The van der Waals surface area contributed by atoms with Crippen molar-refractivity contribution in [1.29, 1.82) is 0 Å². The second kappa shape index (κ2) is 8.52. The fraction of sp³-hybridized carbons (Fsp3) is 0.429. The van der Waals surface area contributed by atoms with Crippen LogP contribution in [0.1, 0.15) is 43.2 Å². The molecule has 0 bridgehead atoms. The minimum Gasteiger partial charge on any atom is -0.370 e. The molecule has 1 aromatic carbocycles. The Balaban J connectivity index is 1.72. The van der Waals surface area contributed by atoms with Crippen molar-refractivity contribution in [3.8, 4) is 0 Å². The molecule has 0 unspecified atom stereocenters. The summed E-state index contributed by atoms with van der Waals surface area (Å²) in [5, 5.41) is 3.97. The van der Waals surface area contributed by atoms with Gasteiger partial charge in [0.05, 0.1) is 12.2 Å². The third-order valence-corrected chi connectivity index (χ3v) is 8.05. The van der Waals surface area contributed by atoms with Gasteiger partial charge in [0.1, 0.15) is 9.86 Å². The molecule has 148 valence electrons. The topological polar surface area (TPSA) is 35.0 Å². The molecule has 0 aliphatic carbocycles. The molecule has 3 nitrogen and oxygen atoms in total. The quantitative estimate of drug-likeness (QED) is 0.229. The summed E-state index contributed by atoms with van der Waals surface area (Å²) < 4.78 is 6.03. The van der Waals surface area contributed by atoms with Gasteiger partial charge in [0.25, 0.3) is 0 Å². The highest BCUT2D eigenvalue weighted by Crippen LogP contribution is 2.42. The van der Waals surface area contributed by atoms with Crippen molar-refractivity contribution in [3.05, 3.63) is 45.3 Å². The van der Waals surface area contributed by atoms with Gasteiger partial charge in [-0.25, -0.2) is 9.97 Å². The number of hydrogen-bond donors (Lipinski definition) is 0. The summed E-state index contributed by atoms with van der Waals surface area (Å²) in [4.78, 5) is 12.2. The van der Waals surface area contributed by atoms with Crippen LogP contribution in [0.15, 0.2) is 34.4 Å². The fourth-order valence-corrected chi connectivity index (χ4v) is 6.31. The summed E-state index contributed by atoms with van der Waals surface area (Å²) in [6.07, 6.45) is 2.02. The standard InChI is InChI=1S/C21H23ClN2OS3/c1-4-9-26-20-23-18(27-12-13-5-7-14(22)8-6-13)17-15-10-21(2,3)25-11-16(15)28-19(17)24-20/h5-8H,4,9-12H2,1-3H3. The summed E-state index contributed by atoms with van der Waals surface area (Å²) in [5.41, 5.74) is 2.48. The zero-order valence-corrected chi connectivity index (χ0v) is 19.5. The Hall–Kier alpha value is -0.790. The average molecular weight is 451 g/mol. The van der Waals surface area contributed by atoms with E-state index in [2.05, 4.69) is 32.9 Å². The molecular formula is C21H23ClN2OS3. The van der Waals surface area contributed by atoms with Crippen molar-refractivity contribution in [2.24, 2.45) is 0 Å². The molecule has 0 N–H and O–H groups in total. The molecule has 3 aromatic rings. The van der Waals surface area contributed by atoms with E-state index in [0.29, 0.717) is 6.61 Å². The average Bonchev–Trinajstić information content (AvgIpc) is 3.02. The summed E-state index contributed by atoms with van der Waals surface area (Å²) in [6, 6.07) is 8.06. The van der Waals surface area contributed by atoms with Crippen LogP contribution in [0.2, 0.25) is 5.02 Å². The largest absolute Gasteiger partial charge is 0.370 e. The number of nitrogens with zero attached hydrogens (tertiary/aromatic N) is 2. The lowest BCUT2D eigenvalue weighted by molar-refractivity contribution is -0.0379. The third-order valence-electron chi connectivity index (χ3n) is 4.60. The lowest BCUT2D eigenvalue weighted by Gasteiger charge is -2.30. The minimum absolute atomic E-state index is 0.144. The molecule has 1 aliphatic rings. The van der Waals surface area contributed by atoms with Gasteiger partial charge in [-0.15, -0.1) is 23.1 Å². The van der Waals surface area contributed by atoms with Gasteiger partial charge in [0.2, 0.25) is 0 Å². The third kappa shape index (κ3) is 4.51. The number of hydrogen-bond acceptors (Lipinski definition) is 6. The smallest absolute Gasteiger partial charge is 0.190 e. The first-order valence-corrected chi connectivity index (χ1v) is 12.6. The lowest BCUT2D eigenvalue weighted by Crippen LogP contribution is -2.31. The van der Waals surface area contributed by atoms with E-state index in [9.17, 15) is 0 Å². The highest BCUT2D eigenvalue weighted by atomic mass is 35.5. The number of thiophene rings is 1. The molecule has 0 saturated heterocycles. The first kappa shape index (κ1) is 20.5. The van der Waals surface area contributed by atoms with Gasteiger partial charge in [0, 0.05) is 33.2 Å². The van der Waals surface area contributed by atoms with Crippen LogP contribution in [0.5, 0.6) is 0 Å². The summed E-state index contributed by atoms with van der Waals surface area (Å²) in [5.74, 6) is 1.90. The molecule has 2 aromatic heterocycles. The molecule has 28 heavy (non-hydrogen) atoms. The van der Waals surface area contributed by atoms with E-state index >= 15 is 0 Å². The van der Waals surface area contributed by atoms with Gasteiger partial charge in [0.15, 0.2) is 5.16 Å². The number of aromatic nitrogens is 2. The summed E-state index contributed by atoms with van der Waals surface area (Å²) in [7, 11) is 0. The van der Waals surface area contributed by atoms with Gasteiger partial charge >= 0.3 is 0 Å². The van der Waals surface area contributed by atoms with Gasteiger partial charge in [-0.2, -0.15) is 0 Å². The van der Waals surface area contributed by atoms with Crippen LogP contribution in [0, 0.1) is 0 Å². The lowest BCUT2D eigenvalue weighted by atomic mass is 9.95. The van der Waals surface area contributed by atoms with E-state index in [-0.39, 0.29) is 5.60 Å². The summed E-state index contributed by atoms with van der Waals surface area (Å²) in [6.45, 7) is 7.17. The Morgan fingerprint density at radius 1 is 1.18 bits per heavy atom. The highest BCUT2D eigenvalue weighted by Gasteiger charge is 2.31. The zero-order valence-electron chi connectivity index (χ0n) is 16.3. The number of benzene rings is 1. The van der Waals surface area contributed by atoms with Gasteiger partial charge in [-0.1, -0.05) is 42.4 Å². The van der Waals surface area contributed by atoms with Gasteiger partial charge in [-0.3, -0.25) is 0 Å². The second-order valence-corrected chi connectivity index (χ2v) is 11.0. The Morgan fingerprint density at radius 3 is 2.71 bits per heavy atom. The molecule has 0 radical (unpaired) electrons. The normalized spacial score (nSPS) is 15.7. The van der Waals surface area contributed by atoms with E-state index in [0.717, 1.165) is 44.4 Å². The van der Waals surface area contributed by atoms with E-state index in [1.165, 1.54) is 21.4 Å². The molecule has 0 spiro atoms. The molecule has 0 amide bonds. The molecule has 3 heterocycles. The van der Waals surface area contributed by atoms with Gasteiger partial charge < -0.3 is 4.74 Å². The highest BCUT2D eigenvalue weighted by molar-refractivity contribution is 7.99. The van der Waals surface area contributed by atoms with Crippen LogP contribution in [0.4, 0.5) is 0 Å². The maximum Gasteiger partial charge on any atom is 0.190 e. The number of halogens is 1. The van der Waals surface area contributed by atoms with Gasteiger partial charge in [-0.05, 0) is 43.5 Å². The molecule has 7 heteroatoms. The van der Waals surface area contributed by atoms with Crippen LogP contribution >= 0.6 is 46.5 Å². The van der Waals surface area contributed by atoms with Crippen molar-refractivity contribution in [2.75, 3.05) is 5.75 Å². The van der Waals surface area contributed by atoms with Crippen LogP contribution < -0.4 is 0 Å². The number of rotatable bonds is 6. The Morgan fingerprint density at radius 2 is 1.96 bits per heavy atom. The van der Waals surface area contributed by atoms with Crippen molar-refractivity contribution >= 4 is 56.7 Å². The maximum absolute atomic E-state index is 6.03. The van der Waals surface area contributed by atoms with E-state index < -0.39 is 0 Å². The predicted molar refractivity (Wildman–Crippen MR) is 122 cm³/mol. The monoisotopic (exact) mass is 450 g/mol. The van der Waals surface area contributed by atoms with Crippen LogP contribution in [0.25, 0.3) is 10.2 Å². The maximum atomic E-state index is 6.03. The predicted octanol–water partition coefficient (Wildman–Crippen LogP) is 6.99. The Labute approximate surface area is 183 Å². The molecule has 0 atom stereocenters. The van der Waals surface area contributed by atoms with Crippen LogP contribution in [-0.2, 0) is 23.5 Å². The molecule has 0 saturated carbocycles. The van der Waals surface area contributed by atoms with Crippen LogP contribution in [-0.4, -0.2) is 21.3 Å². The van der Waals surface area contributed by atoms with Crippen molar-refractivity contribution in [3.63, 3.8) is 0 Å². The number of ether oxygens (including phenoxy) is 1. The second-order valence-electron chi connectivity index (χ2n) is 7.48. The number of thioether (sulfide) groups is 2. The van der Waals surface area contributed by atoms with Crippen LogP contribution in [0.3, 0.4) is 0 Å². The first-order valence-electron chi connectivity index (χ1n) is 9.41. The minimum atomic E-state index is -0.144. The Kier molecular flexibility index (Phi) is 6.23. The summed E-state index contributed by atoms with van der Waals surface area (Å²) >= 11 is 11.3. The van der Waals surface area contributed by atoms with Crippen molar-refractivity contribution < 1.29 is 4.74 Å². The molecule has 4 rings (SSSR count). The molecule has 0 fully saturated rings. The van der Waals surface area contributed by atoms with E-state index in [1.807, 2.05) is 12.1 Å². The first-order chi connectivity index (χ1) is 13.4. The zero-order chi connectivity index (χ0) is 19.7. The molecule has 1 aliphatic heterocycles. The molecular weight excluding hydrogens is 428 g/mol. The van der Waals surface area contributed by atoms with E-state index in [4.69, 9.17) is 26.3 Å².